The Bertz CT molecular complexity index is 584. The number of hydrogen-bond acceptors (Lipinski definition) is 4. The number of thiol groups is 1. The first-order valence-electron chi connectivity index (χ1n) is 6.96. The predicted molar refractivity (Wildman–Crippen MR) is 83.5 cm³/mol. The van der Waals surface area contributed by atoms with Gasteiger partial charge < -0.3 is 10.1 Å². The van der Waals surface area contributed by atoms with Gasteiger partial charge in [0.25, 0.3) is 0 Å². The molecule has 0 spiro atoms. The first-order chi connectivity index (χ1) is 9.81. The smallest absolute Gasteiger partial charge is 0.215 e. The monoisotopic (exact) mass is 286 g/mol. The number of nitrogens with one attached hydrogen (secondary N) is 1. The van der Waals surface area contributed by atoms with Crippen molar-refractivity contribution >= 4 is 18.4 Å². The highest BCUT2D eigenvalue weighted by Gasteiger charge is 2.19. The minimum Gasteiger partial charge on any atom is -0.474 e. The average Bonchev–Trinajstić information content (AvgIpc) is 2.43. The highest BCUT2D eigenvalue weighted by atomic mass is 32.1. The summed E-state index contributed by atoms with van der Waals surface area (Å²) in [6, 6.07) is 13.9. The van der Waals surface area contributed by atoms with Crippen molar-refractivity contribution in [3.05, 3.63) is 48.0 Å². The molecule has 0 unspecified atom stereocenters. The zero-order chi connectivity index (χ0) is 13.8. The van der Waals surface area contributed by atoms with Gasteiger partial charge >= 0.3 is 0 Å². The van der Waals surface area contributed by atoms with Gasteiger partial charge in [-0.05, 0) is 37.0 Å². The van der Waals surface area contributed by atoms with E-state index in [2.05, 4.69) is 29.0 Å². The Labute approximate surface area is 124 Å². The zero-order valence-electron chi connectivity index (χ0n) is 11.2. The first-order valence-corrected chi connectivity index (χ1v) is 7.40. The van der Waals surface area contributed by atoms with Gasteiger partial charge in [-0.3, -0.25) is 0 Å². The normalized spacial score (nSPS) is 14.7. The zero-order valence-corrected chi connectivity index (χ0v) is 12.1. The molecule has 0 bridgehead atoms. The van der Waals surface area contributed by atoms with Crippen LogP contribution in [0.5, 0.6) is 5.88 Å². The standard InChI is InChI=1S/C16H18N2OS/c20-14-8-2-1-5-12(14)11-17-15-9-4-10-16(18-15)19-13-6-3-7-13/h1-2,4-5,8-10,13,20H,3,6-7,11H2,(H,17,18). The summed E-state index contributed by atoms with van der Waals surface area (Å²) >= 11 is 4.45. The van der Waals surface area contributed by atoms with Crippen molar-refractivity contribution in [1.82, 2.24) is 4.98 Å². The van der Waals surface area contributed by atoms with Crippen molar-refractivity contribution in [3.63, 3.8) is 0 Å². The number of anilines is 1. The highest BCUT2D eigenvalue weighted by molar-refractivity contribution is 7.80. The molecule has 0 aliphatic heterocycles. The van der Waals surface area contributed by atoms with Crippen LogP contribution in [-0.4, -0.2) is 11.1 Å². The Kier molecular flexibility index (Phi) is 4.11. The Morgan fingerprint density at radius 3 is 2.75 bits per heavy atom. The van der Waals surface area contributed by atoms with Crippen molar-refractivity contribution in [2.24, 2.45) is 0 Å². The van der Waals surface area contributed by atoms with Gasteiger partial charge in [0, 0.05) is 17.5 Å². The van der Waals surface area contributed by atoms with E-state index < -0.39 is 0 Å². The van der Waals surface area contributed by atoms with Gasteiger partial charge in [-0.15, -0.1) is 12.6 Å². The molecule has 4 heteroatoms. The SMILES string of the molecule is Sc1ccccc1CNc1cccc(OC2CCC2)n1. The molecule has 1 saturated carbocycles. The Balaban J connectivity index is 1.62. The van der Waals surface area contributed by atoms with Crippen LogP contribution in [0.4, 0.5) is 5.82 Å². The van der Waals surface area contributed by atoms with Gasteiger partial charge in [0.05, 0.1) is 0 Å². The third-order valence-corrected chi connectivity index (χ3v) is 3.95. The van der Waals surface area contributed by atoms with Gasteiger partial charge in [-0.25, -0.2) is 0 Å². The fraction of sp³-hybridized carbons (Fsp3) is 0.312. The van der Waals surface area contributed by atoms with Crippen molar-refractivity contribution in [2.45, 2.75) is 36.8 Å². The molecule has 104 valence electrons. The summed E-state index contributed by atoms with van der Waals surface area (Å²) in [6.45, 7) is 0.708. The molecule has 3 rings (SSSR count). The Morgan fingerprint density at radius 1 is 1.15 bits per heavy atom. The molecule has 1 aliphatic rings. The molecule has 1 aromatic heterocycles. The van der Waals surface area contributed by atoms with Crippen LogP contribution in [0.1, 0.15) is 24.8 Å². The third-order valence-electron chi connectivity index (χ3n) is 3.51. The number of nitrogens with zero attached hydrogens (tertiary/aromatic N) is 1. The van der Waals surface area contributed by atoms with Crippen molar-refractivity contribution in [2.75, 3.05) is 5.32 Å². The lowest BCUT2D eigenvalue weighted by molar-refractivity contribution is 0.115. The van der Waals surface area contributed by atoms with Crippen LogP contribution >= 0.6 is 12.6 Å². The van der Waals surface area contributed by atoms with Gasteiger partial charge in [-0.1, -0.05) is 24.3 Å². The number of hydrogen-bond donors (Lipinski definition) is 2. The second-order valence-corrected chi connectivity index (χ2v) is 5.50. The van der Waals surface area contributed by atoms with E-state index in [9.17, 15) is 0 Å². The minimum absolute atomic E-state index is 0.357. The maximum atomic E-state index is 5.80. The molecule has 20 heavy (non-hydrogen) atoms. The molecule has 1 aliphatic carbocycles. The van der Waals surface area contributed by atoms with Crippen LogP contribution in [0.3, 0.4) is 0 Å². The van der Waals surface area contributed by atoms with Gasteiger partial charge in [0.1, 0.15) is 11.9 Å². The van der Waals surface area contributed by atoms with Crippen LogP contribution in [0.2, 0.25) is 0 Å². The van der Waals surface area contributed by atoms with E-state index in [0.29, 0.717) is 18.5 Å². The number of pyridine rings is 1. The van der Waals surface area contributed by atoms with E-state index >= 15 is 0 Å². The number of aromatic nitrogens is 1. The van der Waals surface area contributed by atoms with Crippen LogP contribution in [0.25, 0.3) is 0 Å². The lowest BCUT2D eigenvalue weighted by Gasteiger charge is -2.25. The molecule has 0 saturated heterocycles. The summed E-state index contributed by atoms with van der Waals surface area (Å²) in [5.41, 5.74) is 1.16. The van der Waals surface area contributed by atoms with E-state index in [1.165, 1.54) is 6.42 Å². The lowest BCUT2D eigenvalue weighted by atomic mass is 9.96. The molecular weight excluding hydrogens is 268 g/mol. The molecule has 0 amide bonds. The molecule has 1 heterocycles. The Hall–Kier alpha value is -1.68. The number of benzene rings is 1. The maximum Gasteiger partial charge on any atom is 0.215 e. The van der Waals surface area contributed by atoms with E-state index in [0.717, 1.165) is 29.1 Å². The summed E-state index contributed by atoms with van der Waals surface area (Å²) in [7, 11) is 0. The molecule has 2 aromatic rings. The molecule has 0 radical (unpaired) electrons. The van der Waals surface area contributed by atoms with Gasteiger partial charge in [0.15, 0.2) is 0 Å². The average molecular weight is 286 g/mol. The van der Waals surface area contributed by atoms with E-state index in [4.69, 9.17) is 4.74 Å². The number of rotatable bonds is 5. The summed E-state index contributed by atoms with van der Waals surface area (Å²) < 4.78 is 5.80. The molecule has 0 atom stereocenters. The van der Waals surface area contributed by atoms with E-state index in [-0.39, 0.29) is 0 Å². The Morgan fingerprint density at radius 2 is 2.00 bits per heavy atom. The summed E-state index contributed by atoms with van der Waals surface area (Å²) in [5.74, 6) is 1.54. The maximum absolute atomic E-state index is 5.80. The number of ether oxygens (including phenoxy) is 1. The summed E-state index contributed by atoms with van der Waals surface area (Å²) in [4.78, 5) is 5.47. The molecule has 3 nitrogen and oxygen atoms in total. The van der Waals surface area contributed by atoms with Gasteiger partial charge in [0.2, 0.25) is 5.88 Å². The molecule has 1 fully saturated rings. The largest absolute Gasteiger partial charge is 0.474 e. The van der Waals surface area contributed by atoms with Gasteiger partial charge in [-0.2, -0.15) is 4.98 Å². The third kappa shape index (κ3) is 3.25. The fourth-order valence-corrected chi connectivity index (χ4v) is 2.32. The second-order valence-electron chi connectivity index (χ2n) is 5.01. The fourth-order valence-electron chi connectivity index (χ4n) is 2.08. The lowest BCUT2D eigenvalue weighted by Crippen LogP contribution is -2.25. The van der Waals surface area contributed by atoms with E-state index in [1.54, 1.807) is 0 Å². The highest BCUT2D eigenvalue weighted by Crippen LogP contribution is 2.24. The summed E-state index contributed by atoms with van der Waals surface area (Å²) in [5, 5.41) is 3.31. The second kappa shape index (κ2) is 6.18. The van der Waals surface area contributed by atoms with Crippen molar-refractivity contribution < 1.29 is 4.74 Å². The van der Waals surface area contributed by atoms with E-state index in [1.807, 2.05) is 36.4 Å². The summed E-state index contributed by atoms with van der Waals surface area (Å²) in [6.07, 6.45) is 3.91. The van der Waals surface area contributed by atoms with Crippen LogP contribution in [0, 0.1) is 0 Å². The van der Waals surface area contributed by atoms with Crippen molar-refractivity contribution in [3.8, 4) is 5.88 Å². The predicted octanol–water partition coefficient (Wildman–Crippen LogP) is 3.91. The van der Waals surface area contributed by atoms with Crippen LogP contribution in [0.15, 0.2) is 47.4 Å². The quantitative estimate of drug-likeness (QED) is 0.818. The van der Waals surface area contributed by atoms with Crippen LogP contribution in [-0.2, 0) is 6.54 Å². The molecule has 1 aromatic carbocycles. The topological polar surface area (TPSA) is 34.1 Å². The molecular formula is C16H18N2OS. The van der Waals surface area contributed by atoms with Crippen molar-refractivity contribution in [1.29, 1.82) is 0 Å². The van der Waals surface area contributed by atoms with Crippen LogP contribution < -0.4 is 10.1 Å². The minimum atomic E-state index is 0.357. The first kappa shape index (κ1) is 13.3. The molecule has 1 N–H and O–H groups in total.